The number of hydrogen-bond donors (Lipinski definition) is 2. The van der Waals surface area contributed by atoms with E-state index in [0.717, 1.165) is 11.3 Å². The number of nitrogen functional groups attached to an aromatic ring is 1. The molecule has 0 unspecified atom stereocenters. The highest BCUT2D eigenvalue weighted by molar-refractivity contribution is 5.86. The minimum Gasteiger partial charge on any atom is -0.460 e. The van der Waals surface area contributed by atoms with Crippen molar-refractivity contribution in [2.24, 2.45) is 0 Å². The predicted molar refractivity (Wildman–Crippen MR) is 90.5 cm³/mol. The van der Waals surface area contributed by atoms with Crippen molar-refractivity contribution < 1.29 is 4.42 Å². The number of anilines is 1. The first kappa shape index (κ1) is 14.3. The molecule has 3 N–H and O–H groups in total. The van der Waals surface area contributed by atoms with Gasteiger partial charge in [-0.2, -0.15) is 4.98 Å². The Kier molecular flexibility index (Phi) is 3.19. The zero-order valence-corrected chi connectivity index (χ0v) is 13.0. The minimum absolute atomic E-state index is 0.0902. The lowest BCUT2D eigenvalue weighted by Gasteiger charge is -2.04. The second-order valence-electron chi connectivity index (χ2n) is 5.54. The van der Waals surface area contributed by atoms with Crippen molar-refractivity contribution in [2.75, 3.05) is 5.73 Å². The standard InChI is InChI=1S/C17H15N5O2/c1-10-7-8-12(24-10)13-14-15(21-16(18)19-13)22(17(23)20-14)9-11-5-3-2-4-6-11/h2-8H,9H2,1H3,(H,20,23)(H2,18,19,21). The first-order chi connectivity index (χ1) is 11.6. The number of nitrogens with one attached hydrogen (secondary N) is 1. The summed E-state index contributed by atoms with van der Waals surface area (Å²) in [6.07, 6.45) is 0. The molecule has 0 aliphatic heterocycles. The van der Waals surface area contributed by atoms with Crippen LogP contribution in [0.4, 0.5) is 5.95 Å². The van der Waals surface area contributed by atoms with Crippen molar-refractivity contribution in [3.63, 3.8) is 0 Å². The third kappa shape index (κ3) is 2.36. The summed E-state index contributed by atoms with van der Waals surface area (Å²) in [4.78, 5) is 23.7. The molecule has 0 amide bonds. The molecule has 4 aromatic rings. The quantitative estimate of drug-likeness (QED) is 0.603. The van der Waals surface area contributed by atoms with Crippen LogP contribution in [0.2, 0.25) is 0 Å². The number of rotatable bonds is 3. The molecule has 1 aromatic carbocycles. The molecule has 0 spiro atoms. The van der Waals surface area contributed by atoms with Crippen molar-refractivity contribution in [1.29, 1.82) is 0 Å². The molecule has 3 aromatic heterocycles. The van der Waals surface area contributed by atoms with E-state index in [1.807, 2.05) is 43.3 Å². The number of aromatic amines is 1. The molecule has 120 valence electrons. The van der Waals surface area contributed by atoms with Gasteiger partial charge in [-0.15, -0.1) is 0 Å². The Bertz CT molecular complexity index is 1080. The van der Waals surface area contributed by atoms with Gasteiger partial charge in [0.2, 0.25) is 5.95 Å². The van der Waals surface area contributed by atoms with Gasteiger partial charge in [0.25, 0.3) is 0 Å². The Balaban J connectivity index is 1.92. The van der Waals surface area contributed by atoms with Crippen molar-refractivity contribution >= 4 is 17.1 Å². The zero-order valence-electron chi connectivity index (χ0n) is 13.0. The zero-order chi connectivity index (χ0) is 16.7. The maximum absolute atomic E-state index is 12.4. The van der Waals surface area contributed by atoms with Gasteiger partial charge >= 0.3 is 5.69 Å². The fraction of sp³-hybridized carbons (Fsp3) is 0.118. The molecule has 3 heterocycles. The minimum atomic E-state index is -0.265. The highest BCUT2D eigenvalue weighted by Crippen LogP contribution is 2.26. The summed E-state index contributed by atoms with van der Waals surface area (Å²) >= 11 is 0. The van der Waals surface area contributed by atoms with Gasteiger partial charge in [-0.05, 0) is 24.6 Å². The lowest BCUT2D eigenvalue weighted by Crippen LogP contribution is -2.17. The Morgan fingerprint density at radius 3 is 2.67 bits per heavy atom. The van der Waals surface area contributed by atoms with Crippen LogP contribution in [0, 0.1) is 6.92 Å². The summed E-state index contributed by atoms with van der Waals surface area (Å²) < 4.78 is 7.17. The van der Waals surface area contributed by atoms with Crippen LogP contribution >= 0.6 is 0 Å². The molecule has 0 atom stereocenters. The summed E-state index contributed by atoms with van der Waals surface area (Å²) in [6, 6.07) is 13.3. The van der Waals surface area contributed by atoms with Crippen LogP contribution < -0.4 is 11.4 Å². The molecule has 0 bridgehead atoms. The van der Waals surface area contributed by atoms with E-state index >= 15 is 0 Å². The van der Waals surface area contributed by atoms with E-state index in [1.165, 1.54) is 0 Å². The second-order valence-corrected chi connectivity index (χ2v) is 5.54. The third-order valence-corrected chi connectivity index (χ3v) is 3.80. The number of H-pyrrole nitrogens is 1. The molecule has 0 saturated heterocycles. The lowest BCUT2D eigenvalue weighted by atomic mass is 10.2. The van der Waals surface area contributed by atoms with Gasteiger partial charge in [-0.1, -0.05) is 30.3 Å². The summed E-state index contributed by atoms with van der Waals surface area (Å²) in [6.45, 7) is 2.24. The van der Waals surface area contributed by atoms with Gasteiger partial charge in [0.15, 0.2) is 11.4 Å². The van der Waals surface area contributed by atoms with E-state index in [9.17, 15) is 4.79 Å². The predicted octanol–water partition coefficient (Wildman–Crippen LogP) is 2.32. The SMILES string of the molecule is Cc1ccc(-c2nc(N)nc3c2[nH]c(=O)n3Cc2ccccc2)o1. The number of nitrogens with two attached hydrogens (primary N) is 1. The van der Waals surface area contributed by atoms with Crippen LogP contribution in [0.25, 0.3) is 22.6 Å². The summed E-state index contributed by atoms with van der Waals surface area (Å²) in [5.74, 6) is 1.38. The number of imidazole rings is 1. The van der Waals surface area contributed by atoms with Gasteiger partial charge in [0, 0.05) is 0 Å². The Morgan fingerprint density at radius 2 is 1.96 bits per heavy atom. The van der Waals surface area contributed by atoms with Crippen LogP contribution in [-0.4, -0.2) is 19.5 Å². The van der Waals surface area contributed by atoms with Crippen LogP contribution in [-0.2, 0) is 6.54 Å². The highest BCUT2D eigenvalue weighted by Gasteiger charge is 2.18. The van der Waals surface area contributed by atoms with Crippen molar-refractivity contribution in [1.82, 2.24) is 19.5 Å². The van der Waals surface area contributed by atoms with E-state index in [-0.39, 0.29) is 11.6 Å². The number of aryl methyl sites for hydroxylation is 1. The Morgan fingerprint density at radius 1 is 1.17 bits per heavy atom. The molecule has 0 aliphatic rings. The number of aromatic nitrogens is 4. The number of fused-ring (bicyclic) bond motifs is 1. The molecule has 0 fully saturated rings. The monoisotopic (exact) mass is 321 g/mol. The van der Waals surface area contributed by atoms with Gasteiger partial charge in [0.05, 0.1) is 6.54 Å². The van der Waals surface area contributed by atoms with Crippen LogP contribution in [0.3, 0.4) is 0 Å². The van der Waals surface area contributed by atoms with E-state index in [2.05, 4.69) is 15.0 Å². The normalized spacial score (nSPS) is 11.2. The molecule has 0 aliphatic carbocycles. The molecular formula is C17H15N5O2. The summed E-state index contributed by atoms with van der Waals surface area (Å²) in [5, 5.41) is 0. The molecule has 4 rings (SSSR count). The Labute approximate surface area is 136 Å². The van der Waals surface area contributed by atoms with E-state index in [1.54, 1.807) is 10.6 Å². The van der Waals surface area contributed by atoms with Crippen LogP contribution in [0.15, 0.2) is 51.7 Å². The molecule has 24 heavy (non-hydrogen) atoms. The smallest absolute Gasteiger partial charge is 0.328 e. The number of hydrogen-bond acceptors (Lipinski definition) is 5. The average Bonchev–Trinajstić information content (AvgIpc) is 3.13. The first-order valence-corrected chi connectivity index (χ1v) is 7.48. The van der Waals surface area contributed by atoms with Crippen molar-refractivity contribution in [2.45, 2.75) is 13.5 Å². The number of furan rings is 1. The van der Waals surface area contributed by atoms with Gasteiger partial charge in [-0.25, -0.2) is 9.78 Å². The summed E-state index contributed by atoms with van der Waals surface area (Å²) in [5.41, 5.74) is 8.03. The summed E-state index contributed by atoms with van der Waals surface area (Å²) in [7, 11) is 0. The first-order valence-electron chi connectivity index (χ1n) is 7.48. The van der Waals surface area contributed by atoms with E-state index in [0.29, 0.717) is 29.2 Å². The molecule has 0 saturated carbocycles. The Hall–Kier alpha value is -3.35. The second kappa shape index (κ2) is 5.38. The van der Waals surface area contributed by atoms with E-state index < -0.39 is 0 Å². The molecule has 7 nitrogen and oxygen atoms in total. The van der Waals surface area contributed by atoms with Gasteiger partial charge in [0.1, 0.15) is 17.0 Å². The van der Waals surface area contributed by atoms with Gasteiger partial charge in [-0.3, -0.25) is 4.57 Å². The van der Waals surface area contributed by atoms with Gasteiger partial charge < -0.3 is 15.1 Å². The van der Waals surface area contributed by atoms with Crippen LogP contribution in [0.1, 0.15) is 11.3 Å². The largest absolute Gasteiger partial charge is 0.460 e. The molecule has 7 heteroatoms. The van der Waals surface area contributed by atoms with Crippen molar-refractivity contribution in [3.05, 3.63) is 64.3 Å². The topological polar surface area (TPSA) is 103 Å². The average molecular weight is 321 g/mol. The maximum atomic E-state index is 12.4. The maximum Gasteiger partial charge on any atom is 0.328 e. The van der Waals surface area contributed by atoms with Crippen LogP contribution in [0.5, 0.6) is 0 Å². The fourth-order valence-electron chi connectivity index (χ4n) is 2.70. The molecule has 0 radical (unpaired) electrons. The third-order valence-electron chi connectivity index (χ3n) is 3.80. The van der Waals surface area contributed by atoms with E-state index in [4.69, 9.17) is 10.2 Å². The fourth-order valence-corrected chi connectivity index (χ4v) is 2.70. The number of nitrogens with zero attached hydrogens (tertiary/aromatic N) is 3. The lowest BCUT2D eigenvalue weighted by molar-refractivity contribution is 0.547. The molecular weight excluding hydrogens is 306 g/mol. The number of benzene rings is 1. The van der Waals surface area contributed by atoms with Crippen molar-refractivity contribution in [3.8, 4) is 11.5 Å². The highest BCUT2D eigenvalue weighted by atomic mass is 16.3.